The van der Waals surface area contributed by atoms with Crippen molar-refractivity contribution in [1.29, 1.82) is 0 Å². The molecule has 0 spiro atoms. The van der Waals surface area contributed by atoms with E-state index in [1.54, 1.807) is 37.5 Å². The molecule has 22 heavy (non-hydrogen) atoms. The van der Waals surface area contributed by atoms with E-state index in [0.29, 0.717) is 11.4 Å². The van der Waals surface area contributed by atoms with Crippen LogP contribution in [0.5, 0.6) is 0 Å². The highest BCUT2D eigenvalue weighted by Gasteiger charge is 2.12. The highest BCUT2D eigenvalue weighted by molar-refractivity contribution is 6.35. The summed E-state index contributed by atoms with van der Waals surface area (Å²) >= 11 is 0. The quantitative estimate of drug-likeness (QED) is 0.647. The van der Waals surface area contributed by atoms with Crippen molar-refractivity contribution in [3.8, 4) is 0 Å². The van der Waals surface area contributed by atoms with Gasteiger partial charge in [0.15, 0.2) is 0 Å². The van der Waals surface area contributed by atoms with Gasteiger partial charge >= 0.3 is 11.8 Å². The molecule has 0 unspecified atom stereocenters. The van der Waals surface area contributed by atoms with Crippen LogP contribution in [0.3, 0.4) is 0 Å². The van der Waals surface area contributed by atoms with Crippen molar-refractivity contribution in [2.24, 2.45) is 4.99 Å². The van der Waals surface area contributed by atoms with Gasteiger partial charge in [0.1, 0.15) is 0 Å². The molecular formula is C16H28N4O2. The van der Waals surface area contributed by atoms with E-state index in [0.717, 1.165) is 0 Å². The number of nitrogens with zero attached hydrogens (tertiary/aromatic N) is 2. The molecule has 1 rings (SSSR count). The SMILES string of the molecule is CC.CC=N/C(=C\C)CNC(=O)C(=O)NCc1ccccn1.[HH].[HH]. The van der Waals surface area contributed by atoms with E-state index in [1.807, 2.05) is 26.8 Å². The molecule has 0 aliphatic heterocycles. The van der Waals surface area contributed by atoms with Crippen molar-refractivity contribution in [1.82, 2.24) is 15.6 Å². The Balaban J connectivity index is -0.00000106. The number of pyridine rings is 1. The summed E-state index contributed by atoms with van der Waals surface area (Å²) in [5.41, 5.74) is 1.39. The standard InChI is InChI=1S/C14H18N4O2.C2H6.2H2/c1-3-11(15-4-2)9-17-13(19)14(20)18-10-12-7-5-6-8-16-12;1-2;;/h3-8H,9-10H2,1-2H3,(H,17,19)(H,18,20);1-2H3;2*1H/b11-3-,15-4?;;;. The number of amides is 2. The number of hydrogen-bond acceptors (Lipinski definition) is 4. The van der Waals surface area contributed by atoms with Crippen molar-refractivity contribution in [3.05, 3.63) is 41.9 Å². The Bertz CT molecular complexity index is 520. The van der Waals surface area contributed by atoms with Crippen LogP contribution >= 0.6 is 0 Å². The minimum Gasteiger partial charge on any atom is -0.342 e. The molecule has 2 N–H and O–H groups in total. The first kappa shape index (κ1) is 19.5. The number of aromatic nitrogens is 1. The van der Waals surface area contributed by atoms with E-state index < -0.39 is 11.8 Å². The second kappa shape index (κ2) is 12.3. The maximum atomic E-state index is 11.6. The van der Waals surface area contributed by atoms with Crippen LogP contribution in [0.1, 0.15) is 36.2 Å². The van der Waals surface area contributed by atoms with E-state index in [1.165, 1.54) is 0 Å². The Morgan fingerprint density at radius 3 is 2.45 bits per heavy atom. The highest BCUT2D eigenvalue weighted by atomic mass is 16.2. The Morgan fingerprint density at radius 2 is 1.91 bits per heavy atom. The van der Waals surface area contributed by atoms with E-state index in [-0.39, 0.29) is 15.9 Å². The van der Waals surface area contributed by atoms with Gasteiger partial charge in [-0.25, -0.2) is 0 Å². The van der Waals surface area contributed by atoms with E-state index in [2.05, 4.69) is 20.6 Å². The van der Waals surface area contributed by atoms with Gasteiger partial charge in [-0.15, -0.1) is 0 Å². The van der Waals surface area contributed by atoms with Crippen LogP contribution in [0.25, 0.3) is 0 Å². The smallest absolute Gasteiger partial charge is 0.309 e. The van der Waals surface area contributed by atoms with Crippen LogP contribution in [0.15, 0.2) is 41.2 Å². The number of carbonyl (C=O) groups is 2. The van der Waals surface area contributed by atoms with E-state index in [4.69, 9.17) is 0 Å². The summed E-state index contributed by atoms with van der Waals surface area (Å²) < 4.78 is 0. The van der Waals surface area contributed by atoms with E-state index in [9.17, 15) is 9.59 Å². The topological polar surface area (TPSA) is 83.5 Å². The molecule has 6 heteroatoms. The van der Waals surface area contributed by atoms with Gasteiger partial charge in [-0.1, -0.05) is 26.0 Å². The van der Waals surface area contributed by atoms with Crippen LogP contribution in [-0.4, -0.2) is 29.6 Å². The van der Waals surface area contributed by atoms with Gasteiger partial charge in [0.2, 0.25) is 0 Å². The van der Waals surface area contributed by atoms with Crippen molar-refractivity contribution in [2.75, 3.05) is 6.54 Å². The third-order valence-electron chi connectivity index (χ3n) is 2.42. The maximum Gasteiger partial charge on any atom is 0.309 e. The van der Waals surface area contributed by atoms with Crippen LogP contribution in [-0.2, 0) is 16.1 Å². The summed E-state index contributed by atoms with van der Waals surface area (Å²) in [7, 11) is 0. The van der Waals surface area contributed by atoms with Gasteiger partial charge in [-0.2, -0.15) is 0 Å². The molecule has 0 bridgehead atoms. The zero-order chi connectivity index (χ0) is 16.8. The molecule has 0 aromatic carbocycles. The number of aliphatic imine (C=N–C) groups is 1. The molecule has 1 heterocycles. The first-order valence-electron chi connectivity index (χ1n) is 7.27. The van der Waals surface area contributed by atoms with E-state index >= 15 is 0 Å². The number of carbonyl (C=O) groups excluding carboxylic acids is 2. The third kappa shape index (κ3) is 7.94. The summed E-state index contributed by atoms with van der Waals surface area (Å²) in [5, 5.41) is 5.00. The fourth-order valence-corrected chi connectivity index (χ4v) is 1.39. The van der Waals surface area contributed by atoms with Gasteiger partial charge in [0, 0.05) is 15.3 Å². The Labute approximate surface area is 134 Å². The van der Waals surface area contributed by atoms with Crippen molar-refractivity contribution >= 4 is 18.0 Å². The van der Waals surface area contributed by atoms with Crippen molar-refractivity contribution < 1.29 is 12.4 Å². The number of nitrogens with one attached hydrogen (secondary N) is 2. The molecule has 0 aliphatic rings. The largest absolute Gasteiger partial charge is 0.342 e. The lowest BCUT2D eigenvalue weighted by Crippen LogP contribution is -2.40. The molecule has 0 atom stereocenters. The first-order valence-corrected chi connectivity index (χ1v) is 7.27. The molecule has 2 amide bonds. The molecule has 0 radical (unpaired) electrons. The lowest BCUT2D eigenvalue weighted by atomic mass is 10.3. The van der Waals surface area contributed by atoms with Crippen LogP contribution in [0.2, 0.25) is 0 Å². The summed E-state index contributed by atoms with van der Waals surface area (Å²) in [4.78, 5) is 31.2. The van der Waals surface area contributed by atoms with Gasteiger partial charge in [0.25, 0.3) is 0 Å². The number of allylic oxidation sites excluding steroid dienone is 1. The fourth-order valence-electron chi connectivity index (χ4n) is 1.39. The fraction of sp³-hybridized carbons (Fsp3) is 0.375. The summed E-state index contributed by atoms with van der Waals surface area (Å²) in [6.45, 7) is 8.04. The predicted molar refractivity (Wildman–Crippen MR) is 92.6 cm³/mol. The predicted octanol–water partition coefficient (Wildman–Crippen LogP) is 2.33. The average molecular weight is 308 g/mol. The second-order valence-corrected chi connectivity index (χ2v) is 3.85. The molecule has 124 valence electrons. The van der Waals surface area contributed by atoms with Gasteiger partial charge < -0.3 is 10.6 Å². The molecule has 6 nitrogen and oxygen atoms in total. The maximum absolute atomic E-state index is 11.6. The normalized spacial score (nSPS) is 10.6. The lowest BCUT2D eigenvalue weighted by Gasteiger charge is -2.06. The third-order valence-corrected chi connectivity index (χ3v) is 2.42. The molecule has 0 saturated carbocycles. The zero-order valence-electron chi connectivity index (χ0n) is 13.6. The molecular weight excluding hydrogens is 280 g/mol. The molecule has 0 fully saturated rings. The molecule has 1 aromatic heterocycles. The number of hydrogen-bond donors (Lipinski definition) is 2. The zero-order valence-corrected chi connectivity index (χ0v) is 13.6. The highest BCUT2D eigenvalue weighted by Crippen LogP contribution is 1.94. The Morgan fingerprint density at radius 1 is 1.23 bits per heavy atom. The minimum absolute atomic E-state index is 0. The Kier molecular flexibility index (Phi) is 10.9. The van der Waals surface area contributed by atoms with Crippen molar-refractivity contribution in [2.45, 2.75) is 34.2 Å². The molecule has 0 aliphatic carbocycles. The monoisotopic (exact) mass is 308 g/mol. The average Bonchev–Trinajstić information content (AvgIpc) is 2.58. The van der Waals surface area contributed by atoms with Crippen LogP contribution < -0.4 is 10.6 Å². The van der Waals surface area contributed by atoms with Crippen molar-refractivity contribution in [3.63, 3.8) is 0 Å². The first-order chi connectivity index (χ1) is 10.7. The summed E-state index contributed by atoms with van der Waals surface area (Å²) in [5.74, 6) is -1.38. The van der Waals surface area contributed by atoms with Gasteiger partial charge in [-0.3, -0.25) is 19.6 Å². The molecule has 1 aromatic rings. The lowest BCUT2D eigenvalue weighted by molar-refractivity contribution is -0.139. The van der Waals surface area contributed by atoms with Crippen LogP contribution in [0, 0.1) is 0 Å². The number of rotatable bonds is 5. The second-order valence-electron chi connectivity index (χ2n) is 3.85. The summed E-state index contributed by atoms with van der Waals surface area (Å²) in [6.07, 6.45) is 5.03. The summed E-state index contributed by atoms with van der Waals surface area (Å²) in [6, 6.07) is 5.37. The van der Waals surface area contributed by atoms with Crippen LogP contribution in [0.4, 0.5) is 0 Å². The van der Waals surface area contributed by atoms with Gasteiger partial charge in [-0.05, 0) is 26.0 Å². The molecule has 0 saturated heterocycles. The Hall–Kier alpha value is -2.50. The van der Waals surface area contributed by atoms with Gasteiger partial charge in [0.05, 0.1) is 24.5 Å². The minimum atomic E-state index is -0.688.